The number of nitrogens with one attached hydrogen (secondary N) is 1. The van der Waals surface area contributed by atoms with Gasteiger partial charge in [0.25, 0.3) is 0 Å². The summed E-state index contributed by atoms with van der Waals surface area (Å²) in [4.78, 5) is 3.63. The number of pyridine rings is 1. The van der Waals surface area contributed by atoms with Crippen LogP contribution in [0, 0.1) is 23.3 Å². The quantitative estimate of drug-likeness (QED) is 0.664. The molecule has 0 bridgehead atoms. The summed E-state index contributed by atoms with van der Waals surface area (Å²) in [5.41, 5.74) is -0.527. The predicted octanol–water partition coefficient (Wildman–Crippen LogP) is 4.14. The molecule has 7 heteroatoms. The second-order valence-electron chi connectivity index (χ2n) is 3.36. The highest BCUT2D eigenvalue weighted by Gasteiger charge is 2.13. The van der Waals surface area contributed by atoms with E-state index in [2.05, 4.69) is 26.2 Å². The van der Waals surface area contributed by atoms with Crippen molar-refractivity contribution in [2.45, 2.75) is 0 Å². The van der Waals surface area contributed by atoms with Gasteiger partial charge in [0.2, 0.25) is 0 Å². The van der Waals surface area contributed by atoms with Crippen molar-refractivity contribution in [1.82, 2.24) is 4.98 Å². The molecule has 18 heavy (non-hydrogen) atoms. The van der Waals surface area contributed by atoms with E-state index in [1.807, 2.05) is 0 Å². The Labute approximate surface area is 108 Å². The molecule has 1 aromatic heterocycles. The van der Waals surface area contributed by atoms with Gasteiger partial charge in [0.1, 0.15) is 5.82 Å². The van der Waals surface area contributed by atoms with Crippen LogP contribution in [0.2, 0.25) is 0 Å². The smallest absolute Gasteiger partial charge is 0.182 e. The largest absolute Gasteiger partial charge is 0.335 e. The third kappa shape index (κ3) is 2.61. The fourth-order valence-corrected chi connectivity index (χ4v) is 1.58. The van der Waals surface area contributed by atoms with Crippen molar-refractivity contribution in [1.29, 1.82) is 0 Å². The maximum atomic E-state index is 13.4. The van der Waals surface area contributed by atoms with Crippen LogP contribution in [0.15, 0.2) is 28.9 Å². The third-order valence-electron chi connectivity index (χ3n) is 2.05. The van der Waals surface area contributed by atoms with Crippen LogP contribution in [-0.4, -0.2) is 4.98 Å². The summed E-state index contributed by atoms with van der Waals surface area (Å²) < 4.78 is 52.9. The van der Waals surface area contributed by atoms with Crippen molar-refractivity contribution < 1.29 is 17.6 Å². The van der Waals surface area contributed by atoms with Gasteiger partial charge in [0.05, 0.1) is 5.69 Å². The Morgan fingerprint density at radius 1 is 1.00 bits per heavy atom. The minimum absolute atomic E-state index is 0.331. The molecule has 2 aromatic rings. The highest BCUT2D eigenvalue weighted by Crippen LogP contribution is 2.24. The molecule has 0 aliphatic heterocycles. The summed E-state index contributed by atoms with van der Waals surface area (Å²) >= 11 is 3.00. The maximum Gasteiger partial charge on any atom is 0.182 e. The minimum atomic E-state index is -1.37. The summed E-state index contributed by atoms with van der Waals surface area (Å²) in [7, 11) is 0. The number of rotatable bonds is 2. The van der Waals surface area contributed by atoms with Gasteiger partial charge in [-0.05, 0) is 22.0 Å². The molecule has 1 N–H and O–H groups in total. The zero-order valence-electron chi connectivity index (χ0n) is 8.65. The van der Waals surface area contributed by atoms with E-state index in [-0.39, 0.29) is 5.82 Å². The SMILES string of the molecule is Fc1cc(F)c(F)c(Nc2ncc(Br)cc2F)c1. The average Bonchev–Trinajstić information content (AvgIpc) is 2.29. The molecular weight excluding hydrogens is 316 g/mol. The number of aromatic nitrogens is 1. The Bertz CT molecular complexity index is 604. The molecule has 0 aliphatic carbocycles. The van der Waals surface area contributed by atoms with Gasteiger partial charge in [0.15, 0.2) is 23.3 Å². The molecule has 94 valence electrons. The number of hydrogen-bond donors (Lipinski definition) is 1. The van der Waals surface area contributed by atoms with Gasteiger partial charge in [-0.2, -0.15) is 0 Å². The Morgan fingerprint density at radius 2 is 1.72 bits per heavy atom. The monoisotopic (exact) mass is 320 g/mol. The first kappa shape index (κ1) is 12.8. The molecule has 0 aliphatic rings. The van der Waals surface area contributed by atoms with E-state index in [0.717, 1.165) is 6.07 Å². The van der Waals surface area contributed by atoms with Crippen LogP contribution < -0.4 is 5.32 Å². The second-order valence-corrected chi connectivity index (χ2v) is 4.27. The molecule has 0 fully saturated rings. The van der Waals surface area contributed by atoms with Gasteiger partial charge >= 0.3 is 0 Å². The molecule has 0 radical (unpaired) electrons. The van der Waals surface area contributed by atoms with E-state index in [0.29, 0.717) is 16.6 Å². The van der Waals surface area contributed by atoms with Crippen molar-refractivity contribution in [3.8, 4) is 0 Å². The lowest BCUT2D eigenvalue weighted by Gasteiger charge is -2.08. The van der Waals surface area contributed by atoms with Crippen LogP contribution in [-0.2, 0) is 0 Å². The van der Waals surface area contributed by atoms with E-state index in [1.165, 1.54) is 6.20 Å². The number of hydrogen-bond acceptors (Lipinski definition) is 2. The summed E-state index contributed by atoms with van der Waals surface area (Å²) in [6, 6.07) is 2.19. The molecule has 1 heterocycles. The Balaban J connectivity index is 2.40. The first-order valence-electron chi connectivity index (χ1n) is 4.70. The van der Waals surface area contributed by atoms with E-state index in [9.17, 15) is 17.6 Å². The fraction of sp³-hybridized carbons (Fsp3) is 0. The molecule has 0 amide bonds. The number of anilines is 2. The molecule has 2 rings (SSSR count). The van der Waals surface area contributed by atoms with Crippen LogP contribution in [0.5, 0.6) is 0 Å². The topological polar surface area (TPSA) is 24.9 Å². The molecule has 0 saturated carbocycles. The van der Waals surface area contributed by atoms with Crippen molar-refractivity contribution in [3.63, 3.8) is 0 Å². The standard InChI is InChI=1S/C11H5BrF4N2/c12-5-1-8(15)11(17-4-5)18-9-3-6(13)2-7(14)10(9)16/h1-4H,(H,17,18). The molecule has 0 saturated heterocycles. The van der Waals surface area contributed by atoms with Gasteiger partial charge in [-0.1, -0.05) is 0 Å². The van der Waals surface area contributed by atoms with Gasteiger partial charge < -0.3 is 5.32 Å². The van der Waals surface area contributed by atoms with Crippen molar-refractivity contribution in [3.05, 3.63) is 52.1 Å². The molecule has 1 aromatic carbocycles. The van der Waals surface area contributed by atoms with Crippen LogP contribution in [0.3, 0.4) is 0 Å². The van der Waals surface area contributed by atoms with Crippen molar-refractivity contribution in [2.75, 3.05) is 5.32 Å². The van der Waals surface area contributed by atoms with Crippen LogP contribution in [0.1, 0.15) is 0 Å². The third-order valence-corrected chi connectivity index (χ3v) is 2.49. The number of benzene rings is 1. The Kier molecular flexibility index (Phi) is 3.51. The average molecular weight is 321 g/mol. The molecular formula is C11H5BrF4N2. The first-order valence-corrected chi connectivity index (χ1v) is 5.49. The van der Waals surface area contributed by atoms with Crippen LogP contribution >= 0.6 is 15.9 Å². The molecule has 0 unspecified atom stereocenters. The zero-order valence-corrected chi connectivity index (χ0v) is 10.2. The van der Waals surface area contributed by atoms with E-state index < -0.39 is 29.0 Å². The van der Waals surface area contributed by atoms with Crippen LogP contribution in [0.4, 0.5) is 29.1 Å². The van der Waals surface area contributed by atoms with Gasteiger partial charge in [-0.15, -0.1) is 0 Å². The number of halogens is 5. The maximum absolute atomic E-state index is 13.4. The first-order chi connectivity index (χ1) is 8.47. The highest BCUT2D eigenvalue weighted by molar-refractivity contribution is 9.10. The van der Waals surface area contributed by atoms with Gasteiger partial charge in [0, 0.05) is 22.8 Å². The zero-order chi connectivity index (χ0) is 13.3. The summed E-state index contributed by atoms with van der Waals surface area (Å²) in [6.07, 6.45) is 1.26. The minimum Gasteiger partial charge on any atom is -0.335 e. The van der Waals surface area contributed by atoms with Crippen LogP contribution in [0.25, 0.3) is 0 Å². The molecule has 2 nitrogen and oxygen atoms in total. The molecule has 0 spiro atoms. The summed E-state index contributed by atoms with van der Waals surface area (Å²) in [5, 5.41) is 2.19. The lowest BCUT2D eigenvalue weighted by molar-refractivity contribution is 0.498. The second kappa shape index (κ2) is 4.93. The number of nitrogens with zero attached hydrogens (tertiary/aromatic N) is 1. The highest BCUT2D eigenvalue weighted by atomic mass is 79.9. The molecule has 0 atom stereocenters. The van der Waals surface area contributed by atoms with Gasteiger partial charge in [-0.3, -0.25) is 0 Å². The van der Waals surface area contributed by atoms with Crippen molar-refractivity contribution in [2.24, 2.45) is 0 Å². The normalized spacial score (nSPS) is 10.5. The predicted molar refractivity (Wildman–Crippen MR) is 61.5 cm³/mol. The van der Waals surface area contributed by atoms with E-state index in [1.54, 1.807) is 0 Å². The fourth-order valence-electron chi connectivity index (χ4n) is 1.28. The van der Waals surface area contributed by atoms with E-state index >= 15 is 0 Å². The van der Waals surface area contributed by atoms with E-state index in [4.69, 9.17) is 0 Å². The van der Waals surface area contributed by atoms with Gasteiger partial charge in [-0.25, -0.2) is 22.5 Å². The lowest BCUT2D eigenvalue weighted by atomic mass is 10.2. The summed E-state index contributed by atoms with van der Waals surface area (Å²) in [6.45, 7) is 0. The summed E-state index contributed by atoms with van der Waals surface area (Å²) in [5.74, 6) is -4.76. The Hall–Kier alpha value is -1.63. The lowest BCUT2D eigenvalue weighted by Crippen LogP contribution is -2.01. The Morgan fingerprint density at radius 3 is 2.39 bits per heavy atom. The van der Waals surface area contributed by atoms with Crippen molar-refractivity contribution >= 4 is 27.4 Å².